The molecule has 0 saturated carbocycles. The van der Waals surface area contributed by atoms with Crippen molar-refractivity contribution in [2.75, 3.05) is 17.7 Å². The van der Waals surface area contributed by atoms with Crippen molar-refractivity contribution in [3.8, 4) is 0 Å². The van der Waals surface area contributed by atoms with E-state index in [1.807, 2.05) is 36.6 Å². The summed E-state index contributed by atoms with van der Waals surface area (Å²) in [6.07, 6.45) is 1.47. The van der Waals surface area contributed by atoms with Gasteiger partial charge in [0.05, 0.1) is 17.9 Å². The molecule has 0 unspecified atom stereocenters. The number of nitrogens with zero attached hydrogens (tertiary/aromatic N) is 3. The molecule has 2 aromatic heterocycles. The number of aromatic nitrogens is 3. The maximum Gasteiger partial charge on any atom is 0.341 e. The van der Waals surface area contributed by atoms with Gasteiger partial charge in [-0.2, -0.15) is 0 Å². The lowest BCUT2D eigenvalue weighted by Gasteiger charge is -2.08. The van der Waals surface area contributed by atoms with Gasteiger partial charge in [0.2, 0.25) is 5.91 Å². The van der Waals surface area contributed by atoms with E-state index in [0.717, 1.165) is 29.2 Å². The molecule has 3 rings (SSSR count). The van der Waals surface area contributed by atoms with Crippen LogP contribution in [0.3, 0.4) is 0 Å². The summed E-state index contributed by atoms with van der Waals surface area (Å²) < 4.78 is 7.13. The minimum Gasteiger partial charge on any atom is -0.462 e. The number of carbonyl (C=O) groups excluding carboxylic acids is 2. The number of thioether (sulfide) groups is 1. The predicted octanol–water partition coefficient (Wildman–Crippen LogP) is 4.42. The van der Waals surface area contributed by atoms with Crippen LogP contribution in [0.4, 0.5) is 5.00 Å². The summed E-state index contributed by atoms with van der Waals surface area (Å²) in [5.41, 5.74) is 1.57. The Morgan fingerprint density at radius 2 is 1.94 bits per heavy atom. The number of thiophene rings is 1. The Morgan fingerprint density at radius 3 is 2.61 bits per heavy atom. The average molecular weight is 459 g/mol. The van der Waals surface area contributed by atoms with Crippen molar-refractivity contribution in [1.29, 1.82) is 0 Å². The van der Waals surface area contributed by atoms with Crippen molar-refractivity contribution in [3.05, 3.63) is 58.2 Å². The fourth-order valence-electron chi connectivity index (χ4n) is 3.02. The lowest BCUT2D eigenvalue weighted by atomic mass is 10.1. The summed E-state index contributed by atoms with van der Waals surface area (Å²) in [7, 11) is 0. The summed E-state index contributed by atoms with van der Waals surface area (Å²) in [6.45, 7) is 6.81. The molecule has 1 amide bonds. The second-order valence-electron chi connectivity index (χ2n) is 6.67. The number of hydrogen-bond donors (Lipinski definition) is 1. The first kappa shape index (κ1) is 23.0. The molecule has 0 atom stereocenters. The van der Waals surface area contributed by atoms with Gasteiger partial charge in [-0.25, -0.2) is 4.79 Å². The van der Waals surface area contributed by atoms with E-state index in [1.54, 1.807) is 13.0 Å². The number of carbonyl (C=O) groups is 2. The molecule has 164 valence electrons. The monoisotopic (exact) mass is 458 g/mol. The Kier molecular flexibility index (Phi) is 8.25. The lowest BCUT2D eigenvalue weighted by Crippen LogP contribution is -2.16. The third-order valence-electron chi connectivity index (χ3n) is 4.53. The van der Waals surface area contributed by atoms with Gasteiger partial charge in [0.25, 0.3) is 0 Å². The van der Waals surface area contributed by atoms with Crippen molar-refractivity contribution >= 4 is 40.0 Å². The van der Waals surface area contributed by atoms with Crippen molar-refractivity contribution in [1.82, 2.24) is 14.8 Å². The standard InChI is InChI=1S/C22H26N4O3S2/c1-4-16-13-17(21(28)29-6-3)20(31-16)23-19(27)14-30-22-25-24-18(26(22)5-2)12-15-10-8-7-9-11-15/h7-11,13H,4-6,12,14H2,1-3H3,(H,23,27). The fourth-order valence-corrected chi connectivity index (χ4v) is 4.84. The zero-order valence-corrected chi connectivity index (χ0v) is 19.5. The van der Waals surface area contributed by atoms with E-state index in [0.29, 0.717) is 22.1 Å². The highest BCUT2D eigenvalue weighted by atomic mass is 32.2. The first-order valence-corrected chi connectivity index (χ1v) is 12.0. The third-order valence-corrected chi connectivity index (χ3v) is 6.69. The van der Waals surface area contributed by atoms with E-state index in [1.165, 1.54) is 23.1 Å². The Morgan fingerprint density at radius 1 is 1.16 bits per heavy atom. The van der Waals surface area contributed by atoms with E-state index >= 15 is 0 Å². The molecule has 0 bridgehead atoms. The van der Waals surface area contributed by atoms with Gasteiger partial charge in [0.15, 0.2) is 5.16 Å². The van der Waals surface area contributed by atoms with Crippen molar-refractivity contribution < 1.29 is 14.3 Å². The summed E-state index contributed by atoms with van der Waals surface area (Å²) in [4.78, 5) is 25.8. The highest BCUT2D eigenvalue weighted by Crippen LogP contribution is 2.30. The molecule has 1 aromatic carbocycles. The summed E-state index contributed by atoms with van der Waals surface area (Å²) in [5.74, 6) is 0.422. The predicted molar refractivity (Wildman–Crippen MR) is 124 cm³/mol. The molecular weight excluding hydrogens is 432 g/mol. The molecule has 3 aromatic rings. The number of amides is 1. The van der Waals surface area contributed by atoms with Gasteiger partial charge in [-0.05, 0) is 31.9 Å². The first-order chi connectivity index (χ1) is 15.0. The highest BCUT2D eigenvalue weighted by molar-refractivity contribution is 7.99. The molecule has 31 heavy (non-hydrogen) atoms. The number of benzene rings is 1. The van der Waals surface area contributed by atoms with E-state index in [-0.39, 0.29) is 18.3 Å². The van der Waals surface area contributed by atoms with Crippen LogP contribution in [0.15, 0.2) is 41.6 Å². The van der Waals surface area contributed by atoms with Crippen LogP contribution in [0, 0.1) is 0 Å². The van der Waals surface area contributed by atoms with Crippen LogP contribution in [-0.4, -0.2) is 39.0 Å². The van der Waals surface area contributed by atoms with Crippen molar-refractivity contribution in [2.45, 2.75) is 45.3 Å². The number of ether oxygens (including phenoxy) is 1. The topological polar surface area (TPSA) is 86.1 Å². The zero-order valence-electron chi connectivity index (χ0n) is 17.9. The molecular formula is C22H26N4O3S2. The van der Waals surface area contributed by atoms with Crippen molar-refractivity contribution in [2.24, 2.45) is 0 Å². The fraction of sp³-hybridized carbons (Fsp3) is 0.364. The summed E-state index contributed by atoms with van der Waals surface area (Å²) in [5, 5.41) is 12.7. The number of aryl methyl sites for hydroxylation is 1. The third kappa shape index (κ3) is 5.95. The number of nitrogens with one attached hydrogen (secondary N) is 1. The highest BCUT2D eigenvalue weighted by Gasteiger charge is 2.19. The van der Waals surface area contributed by atoms with Crippen molar-refractivity contribution in [3.63, 3.8) is 0 Å². The molecule has 0 spiro atoms. The van der Waals surface area contributed by atoms with Crippen LogP contribution in [0.25, 0.3) is 0 Å². The molecule has 0 aliphatic rings. The molecule has 1 N–H and O–H groups in total. The number of hydrogen-bond acceptors (Lipinski definition) is 7. The normalized spacial score (nSPS) is 10.8. The lowest BCUT2D eigenvalue weighted by molar-refractivity contribution is -0.113. The van der Waals surface area contributed by atoms with Gasteiger partial charge in [-0.3, -0.25) is 4.79 Å². The minimum absolute atomic E-state index is 0.172. The van der Waals surface area contributed by atoms with Crippen LogP contribution in [-0.2, 0) is 28.9 Å². The Labute approximate surface area is 190 Å². The molecule has 2 heterocycles. The van der Waals surface area contributed by atoms with Gasteiger partial charge >= 0.3 is 5.97 Å². The summed E-state index contributed by atoms with van der Waals surface area (Å²) >= 11 is 2.73. The van der Waals surface area contributed by atoms with E-state index < -0.39 is 5.97 Å². The van der Waals surface area contributed by atoms with Crippen LogP contribution in [0.1, 0.15) is 47.4 Å². The Balaban J connectivity index is 1.65. The molecule has 0 aliphatic carbocycles. The van der Waals surface area contributed by atoms with Crippen LogP contribution >= 0.6 is 23.1 Å². The minimum atomic E-state index is -0.419. The Bertz CT molecular complexity index is 1030. The maximum absolute atomic E-state index is 12.6. The number of rotatable bonds is 10. The molecule has 0 fully saturated rings. The Hall–Kier alpha value is -2.65. The van der Waals surface area contributed by atoms with Crippen LogP contribution in [0.5, 0.6) is 0 Å². The second-order valence-corrected chi connectivity index (χ2v) is 8.75. The average Bonchev–Trinajstić information content (AvgIpc) is 3.36. The SMILES string of the molecule is CCOC(=O)c1cc(CC)sc1NC(=O)CSc1nnc(Cc2ccccc2)n1CC. The smallest absolute Gasteiger partial charge is 0.341 e. The second kappa shape index (κ2) is 11.1. The van der Waals surface area contributed by atoms with Gasteiger partial charge in [-0.1, -0.05) is 49.0 Å². The number of esters is 1. The zero-order chi connectivity index (χ0) is 22.2. The largest absolute Gasteiger partial charge is 0.462 e. The molecule has 9 heteroatoms. The van der Waals surface area contributed by atoms with E-state index in [9.17, 15) is 9.59 Å². The van der Waals surface area contributed by atoms with Gasteiger partial charge in [0.1, 0.15) is 10.8 Å². The van der Waals surface area contributed by atoms with Gasteiger partial charge in [0, 0.05) is 17.8 Å². The molecule has 7 nitrogen and oxygen atoms in total. The summed E-state index contributed by atoms with van der Waals surface area (Å²) in [6, 6.07) is 11.9. The van der Waals surface area contributed by atoms with Gasteiger partial charge < -0.3 is 14.6 Å². The van der Waals surface area contributed by atoms with E-state index in [2.05, 4.69) is 27.6 Å². The molecule has 0 saturated heterocycles. The van der Waals surface area contributed by atoms with Crippen LogP contribution in [0.2, 0.25) is 0 Å². The number of anilines is 1. The molecule has 0 radical (unpaired) electrons. The van der Waals surface area contributed by atoms with Gasteiger partial charge in [-0.15, -0.1) is 21.5 Å². The molecule has 0 aliphatic heterocycles. The maximum atomic E-state index is 12.6. The van der Waals surface area contributed by atoms with Crippen LogP contribution < -0.4 is 5.32 Å². The first-order valence-electron chi connectivity index (χ1n) is 10.2. The van der Waals surface area contributed by atoms with E-state index in [4.69, 9.17) is 4.74 Å². The quantitative estimate of drug-likeness (QED) is 0.358.